The number of carbonyl (C=O) groups excluding carboxylic acids is 1. The van der Waals surface area contributed by atoms with Gasteiger partial charge in [0.2, 0.25) is 5.91 Å². The third-order valence-electron chi connectivity index (χ3n) is 6.33. The first-order chi connectivity index (χ1) is 17.4. The molecule has 0 radical (unpaired) electrons. The Labute approximate surface area is 207 Å². The number of amides is 1. The van der Waals surface area contributed by atoms with Gasteiger partial charge in [0.05, 0.1) is 17.1 Å². The minimum Gasteiger partial charge on any atom is -0.361 e. The van der Waals surface area contributed by atoms with Crippen LogP contribution in [0.15, 0.2) is 64.2 Å². The van der Waals surface area contributed by atoms with Gasteiger partial charge in [-0.1, -0.05) is 23.4 Å². The van der Waals surface area contributed by atoms with Crippen molar-refractivity contribution in [3.05, 3.63) is 87.9 Å². The Morgan fingerprint density at radius 3 is 2.42 bits per heavy atom. The van der Waals surface area contributed by atoms with Gasteiger partial charge in [0.25, 0.3) is 5.56 Å². The molecule has 0 bridgehead atoms. The van der Waals surface area contributed by atoms with Crippen molar-refractivity contribution in [3.8, 4) is 11.5 Å². The molecule has 0 aliphatic carbocycles. The van der Waals surface area contributed by atoms with E-state index in [2.05, 4.69) is 15.6 Å². The minimum absolute atomic E-state index is 0.298. The summed E-state index contributed by atoms with van der Waals surface area (Å²) < 4.78 is 10.0. The molecule has 4 aromatic heterocycles. The number of para-hydroxylation sites is 1. The molecule has 0 saturated carbocycles. The first-order valence-electron chi connectivity index (χ1n) is 11.8. The average Bonchev–Trinajstić information content (AvgIpc) is 3.61. The van der Waals surface area contributed by atoms with E-state index in [1.807, 2.05) is 73.3 Å². The molecule has 10 heteroatoms. The van der Waals surface area contributed by atoms with Crippen molar-refractivity contribution < 1.29 is 9.32 Å². The average molecular weight is 486 g/mol. The summed E-state index contributed by atoms with van der Waals surface area (Å²) in [7, 11) is 0. The van der Waals surface area contributed by atoms with Crippen LogP contribution in [-0.4, -0.2) is 41.7 Å². The van der Waals surface area contributed by atoms with E-state index < -0.39 is 6.04 Å². The molecule has 5 rings (SSSR count). The lowest BCUT2D eigenvalue weighted by molar-refractivity contribution is -0.124. The number of hydrogen-bond donors (Lipinski definition) is 1. The number of fused-ring (bicyclic) bond motifs is 1. The second-order valence-electron chi connectivity index (χ2n) is 8.74. The Bertz CT molecular complexity index is 1570. The first-order valence-corrected chi connectivity index (χ1v) is 11.8. The van der Waals surface area contributed by atoms with E-state index in [0.29, 0.717) is 35.4 Å². The lowest BCUT2D eigenvalue weighted by atomic mass is 10.1. The van der Waals surface area contributed by atoms with Crippen LogP contribution in [0.5, 0.6) is 0 Å². The molecular weight excluding hydrogens is 458 g/mol. The molecule has 1 atom stereocenters. The molecule has 4 heterocycles. The van der Waals surface area contributed by atoms with E-state index >= 15 is 0 Å². The number of aryl methyl sites for hydroxylation is 3. The number of aromatic nitrogens is 6. The van der Waals surface area contributed by atoms with E-state index in [1.165, 1.54) is 4.68 Å². The summed E-state index contributed by atoms with van der Waals surface area (Å²) in [6.45, 7) is 7.57. The van der Waals surface area contributed by atoms with Crippen molar-refractivity contribution in [2.24, 2.45) is 0 Å². The minimum atomic E-state index is -0.817. The van der Waals surface area contributed by atoms with Crippen LogP contribution in [-0.2, 0) is 11.2 Å². The van der Waals surface area contributed by atoms with Gasteiger partial charge in [-0.15, -0.1) is 0 Å². The van der Waals surface area contributed by atoms with Crippen molar-refractivity contribution in [3.63, 3.8) is 0 Å². The van der Waals surface area contributed by atoms with Crippen LogP contribution in [0.4, 0.5) is 0 Å². The largest absolute Gasteiger partial charge is 0.361 e. The van der Waals surface area contributed by atoms with Crippen LogP contribution in [0.3, 0.4) is 0 Å². The molecule has 0 spiro atoms. The molecule has 1 aromatic carbocycles. The highest BCUT2D eigenvalue weighted by molar-refractivity contribution is 5.88. The Balaban J connectivity index is 1.53. The zero-order valence-corrected chi connectivity index (χ0v) is 20.6. The fourth-order valence-electron chi connectivity index (χ4n) is 4.38. The van der Waals surface area contributed by atoms with Gasteiger partial charge in [-0.05, 0) is 58.4 Å². The van der Waals surface area contributed by atoms with E-state index in [9.17, 15) is 9.59 Å². The van der Waals surface area contributed by atoms with Gasteiger partial charge in [0.15, 0.2) is 5.82 Å². The van der Waals surface area contributed by atoms with Crippen molar-refractivity contribution in [2.75, 3.05) is 6.54 Å². The van der Waals surface area contributed by atoms with E-state index in [4.69, 9.17) is 9.62 Å². The highest BCUT2D eigenvalue weighted by Gasteiger charge is 2.25. The van der Waals surface area contributed by atoms with Gasteiger partial charge in [-0.2, -0.15) is 10.2 Å². The molecule has 10 nitrogen and oxygen atoms in total. The molecule has 0 aliphatic rings. The van der Waals surface area contributed by atoms with Gasteiger partial charge in [0, 0.05) is 24.5 Å². The topological polar surface area (TPSA) is 113 Å². The molecule has 0 aliphatic heterocycles. The van der Waals surface area contributed by atoms with Crippen molar-refractivity contribution >= 4 is 16.8 Å². The number of nitrogens with one attached hydrogen (secondary N) is 1. The summed E-state index contributed by atoms with van der Waals surface area (Å²) in [6, 6.07) is 12.6. The van der Waals surface area contributed by atoms with Crippen molar-refractivity contribution in [2.45, 2.75) is 40.2 Å². The summed E-state index contributed by atoms with van der Waals surface area (Å²) >= 11 is 0. The standard InChI is InChI=1S/C26H27N7O3/c1-16-21(19(4)36-30-16)12-13-27-24(34)18(3)32-26(35)22-23(17(2)28-32)29-33(20-10-6-5-7-11-20)25(22)31-14-8-9-15-31/h5-11,14-15,18H,12-13H2,1-4H3,(H,27,34)/t18-/m1/s1. The van der Waals surface area contributed by atoms with E-state index in [0.717, 1.165) is 22.7 Å². The van der Waals surface area contributed by atoms with Gasteiger partial charge >= 0.3 is 0 Å². The summed E-state index contributed by atoms with van der Waals surface area (Å²) in [5, 5.41) is 16.5. The highest BCUT2D eigenvalue weighted by Crippen LogP contribution is 2.25. The van der Waals surface area contributed by atoms with E-state index in [1.54, 1.807) is 18.5 Å². The predicted octanol–water partition coefficient (Wildman–Crippen LogP) is 3.21. The molecule has 1 amide bonds. The third kappa shape index (κ3) is 4.00. The maximum atomic E-state index is 13.8. The van der Waals surface area contributed by atoms with Crippen LogP contribution >= 0.6 is 0 Å². The number of hydrogen-bond acceptors (Lipinski definition) is 6. The quantitative estimate of drug-likeness (QED) is 0.379. The fourth-order valence-corrected chi connectivity index (χ4v) is 4.38. The van der Waals surface area contributed by atoms with E-state index in [-0.39, 0.29) is 11.5 Å². The van der Waals surface area contributed by atoms with Crippen LogP contribution in [0.2, 0.25) is 0 Å². The van der Waals surface area contributed by atoms with Gasteiger partial charge in [-0.3, -0.25) is 9.59 Å². The lowest BCUT2D eigenvalue weighted by Gasteiger charge is -2.15. The van der Waals surface area contributed by atoms with Gasteiger partial charge in [0.1, 0.15) is 22.7 Å². The van der Waals surface area contributed by atoms with Crippen LogP contribution in [0.1, 0.15) is 35.7 Å². The van der Waals surface area contributed by atoms with Crippen molar-refractivity contribution in [1.29, 1.82) is 0 Å². The van der Waals surface area contributed by atoms with Crippen molar-refractivity contribution in [1.82, 2.24) is 34.6 Å². The summed E-state index contributed by atoms with van der Waals surface area (Å²) in [6.07, 6.45) is 4.31. The highest BCUT2D eigenvalue weighted by atomic mass is 16.5. The fraction of sp³-hybridized carbons (Fsp3) is 0.269. The molecule has 36 heavy (non-hydrogen) atoms. The first kappa shape index (κ1) is 23.3. The summed E-state index contributed by atoms with van der Waals surface area (Å²) in [5.41, 5.74) is 3.27. The monoisotopic (exact) mass is 485 g/mol. The van der Waals surface area contributed by atoms with Gasteiger partial charge < -0.3 is 14.4 Å². The summed E-state index contributed by atoms with van der Waals surface area (Å²) in [4.78, 5) is 26.8. The Morgan fingerprint density at radius 1 is 1.03 bits per heavy atom. The van der Waals surface area contributed by atoms with Crippen LogP contribution < -0.4 is 10.9 Å². The molecule has 1 N–H and O–H groups in total. The maximum Gasteiger partial charge on any atom is 0.280 e. The zero-order chi connectivity index (χ0) is 25.4. The number of benzene rings is 1. The maximum absolute atomic E-state index is 13.8. The van der Waals surface area contributed by atoms with Crippen LogP contribution in [0.25, 0.3) is 22.4 Å². The Hall–Kier alpha value is -4.47. The predicted molar refractivity (Wildman–Crippen MR) is 135 cm³/mol. The van der Waals surface area contributed by atoms with Gasteiger partial charge in [-0.25, -0.2) is 9.36 Å². The van der Waals surface area contributed by atoms with Crippen LogP contribution in [0, 0.1) is 20.8 Å². The second kappa shape index (κ2) is 9.29. The SMILES string of the molecule is Cc1noc(C)c1CCNC(=O)[C@@H](C)n1nc(C)c2nn(-c3ccccc3)c(-n3cccc3)c2c1=O. The molecule has 184 valence electrons. The zero-order valence-electron chi connectivity index (χ0n) is 20.6. The molecule has 0 unspecified atom stereocenters. The normalized spacial score (nSPS) is 12.2. The molecular formula is C26H27N7O3. The smallest absolute Gasteiger partial charge is 0.280 e. The number of rotatable bonds is 7. The number of nitrogens with zero attached hydrogens (tertiary/aromatic N) is 6. The third-order valence-corrected chi connectivity index (χ3v) is 6.33. The number of carbonyl (C=O) groups is 1. The molecule has 0 fully saturated rings. The summed E-state index contributed by atoms with van der Waals surface area (Å²) in [5.74, 6) is 1.03. The lowest BCUT2D eigenvalue weighted by Crippen LogP contribution is -2.38. The molecule has 5 aromatic rings. The Kier molecular flexibility index (Phi) is 6.01. The second-order valence-corrected chi connectivity index (χ2v) is 8.74. The Morgan fingerprint density at radius 2 is 1.75 bits per heavy atom. The molecule has 0 saturated heterocycles.